The molecule has 0 aromatic heterocycles. The van der Waals surface area contributed by atoms with Crippen molar-refractivity contribution < 1.29 is 4.79 Å². The smallest absolute Gasteiger partial charge is 0.314 e. The average molecular weight is 243 g/mol. The average Bonchev–Trinajstić information content (AvgIpc) is 2.23. The fourth-order valence-electron chi connectivity index (χ4n) is 1.85. The fourth-order valence-corrected chi connectivity index (χ4v) is 1.85. The number of carbonyl (C=O) groups excluding carboxylic acids is 1. The van der Waals surface area contributed by atoms with E-state index in [1.807, 2.05) is 0 Å². The van der Waals surface area contributed by atoms with Gasteiger partial charge in [0.15, 0.2) is 0 Å². The van der Waals surface area contributed by atoms with Crippen LogP contribution in [0.25, 0.3) is 0 Å². The lowest BCUT2D eigenvalue weighted by atomic mass is 10.2. The molecular formula is C13H29N3O. The monoisotopic (exact) mass is 243 g/mol. The molecule has 0 rings (SSSR count). The van der Waals surface area contributed by atoms with E-state index >= 15 is 0 Å². The van der Waals surface area contributed by atoms with E-state index in [4.69, 9.17) is 0 Å². The van der Waals surface area contributed by atoms with Crippen molar-refractivity contribution in [1.29, 1.82) is 0 Å². The van der Waals surface area contributed by atoms with Crippen LogP contribution in [0.5, 0.6) is 0 Å². The van der Waals surface area contributed by atoms with Gasteiger partial charge in [-0.15, -0.1) is 0 Å². The van der Waals surface area contributed by atoms with Crippen molar-refractivity contribution in [3.63, 3.8) is 0 Å². The number of carbonyl (C=O) groups is 1. The summed E-state index contributed by atoms with van der Waals surface area (Å²) in [6.07, 6.45) is 2.15. The van der Waals surface area contributed by atoms with E-state index in [0.717, 1.165) is 25.9 Å². The number of amides is 2. The van der Waals surface area contributed by atoms with Gasteiger partial charge in [0.1, 0.15) is 0 Å². The Balaban J connectivity index is 3.70. The number of nitrogens with one attached hydrogen (secondary N) is 2. The molecule has 0 aliphatic rings. The first-order chi connectivity index (χ1) is 7.99. The molecule has 0 bridgehead atoms. The molecule has 102 valence electrons. The van der Waals surface area contributed by atoms with Crippen molar-refractivity contribution in [2.45, 2.75) is 59.5 Å². The van der Waals surface area contributed by atoms with Gasteiger partial charge in [-0.1, -0.05) is 13.3 Å². The number of unbranched alkanes of at least 4 members (excludes halogenated alkanes) is 1. The van der Waals surface area contributed by atoms with Gasteiger partial charge in [-0.3, -0.25) is 4.90 Å². The van der Waals surface area contributed by atoms with Gasteiger partial charge in [0.05, 0.1) is 0 Å². The third-order valence-electron chi connectivity index (χ3n) is 2.80. The molecule has 0 radical (unpaired) electrons. The van der Waals surface area contributed by atoms with E-state index in [-0.39, 0.29) is 6.03 Å². The maximum absolute atomic E-state index is 11.4. The Morgan fingerprint density at radius 1 is 1.06 bits per heavy atom. The fraction of sp³-hybridized carbons (Fsp3) is 0.923. The van der Waals surface area contributed by atoms with Gasteiger partial charge in [0, 0.05) is 31.7 Å². The van der Waals surface area contributed by atoms with E-state index in [0.29, 0.717) is 18.6 Å². The topological polar surface area (TPSA) is 44.4 Å². The van der Waals surface area contributed by atoms with Crippen molar-refractivity contribution >= 4 is 6.03 Å². The summed E-state index contributed by atoms with van der Waals surface area (Å²) in [4.78, 5) is 13.8. The van der Waals surface area contributed by atoms with Crippen LogP contribution in [0.15, 0.2) is 0 Å². The second kappa shape index (κ2) is 9.28. The summed E-state index contributed by atoms with van der Waals surface area (Å²) >= 11 is 0. The first kappa shape index (κ1) is 16.2. The molecule has 2 N–H and O–H groups in total. The highest BCUT2D eigenvalue weighted by Crippen LogP contribution is 2.02. The SMILES string of the molecule is CCCCNC(=O)NCCN(C(C)C)C(C)C. The van der Waals surface area contributed by atoms with Crippen LogP contribution >= 0.6 is 0 Å². The zero-order valence-electron chi connectivity index (χ0n) is 12.0. The Morgan fingerprint density at radius 3 is 2.06 bits per heavy atom. The molecule has 0 saturated carbocycles. The lowest BCUT2D eigenvalue weighted by Gasteiger charge is -2.30. The lowest BCUT2D eigenvalue weighted by Crippen LogP contribution is -2.44. The molecule has 0 aromatic rings. The molecule has 0 unspecified atom stereocenters. The number of hydrogen-bond acceptors (Lipinski definition) is 2. The highest BCUT2D eigenvalue weighted by atomic mass is 16.2. The number of nitrogens with zero attached hydrogens (tertiary/aromatic N) is 1. The van der Waals surface area contributed by atoms with Gasteiger partial charge in [0.2, 0.25) is 0 Å². The Kier molecular flexibility index (Phi) is 8.86. The molecule has 0 saturated heterocycles. The van der Waals surface area contributed by atoms with E-state index in [9.17, 15) is 4.79 Å². The Bertz CT molecular complexity index is 197. The molecule has 0 spiro atoms. The van der Waals surface area contributed by atoms with Crippen LogP contribution in [0.4, 0.5) is 4.79 Å². The van der Waals surface area contributed by atoms with Crippen LogP contribution in [0.3, 0.4) is 0 Å². The van der Waals surface area contributed by atoms with Crippen LogP contribution < -0.4 is 10.6 Å². The molecular weight excluding hydrogens is 214 g/mol. The molecule has 0 aliphatic heterocycles. The molecule has 0 aromatic carbocycles. The van der Waals surface area contributed by atoms with Crippen molar-refractivity contribution in [2.24, 2.45) is 0 Å². The summed E-state index contributed by atoms with van der Waals surface area (Å²) in [6, 6.07) is 0.978. The molecule has 2 amide bonds. The Morgan fingerprint density at radius 2 is 1.59 bits per heavy atom. The highest BCUT2D eigenvalue weighted by Gasteiger charge is 2.12. The summed E-state index contributed by atoms with van der Waals surface area (Å²) in [5.41, 5.74) is 0. The minimum absolute atomic E-state index is 0.0501. The predicted molar refractivity (Wildman–Crippen MR) is 73.3 cm³/mol. The standard InChI is InChI=1S/C13H29N3O/c1-6-7-8-14-13(17)15-9-10-16(11(2)3)12(4)5/h11-12H,6-10H2,1-5H3,(H2,14,15,17). The molecule has 0 fully saturated rings. The second-order valence-corrected chi connectivity index (χ2v) is 4.96. The van der Waals surface area contributed by atoms with Crippen LogP contribution in [-0.4, -0.2) is 42.6 Å². The molecule has 0 heterocycles. The van der Waals surface area contributed by atoms with Crippen LogP contribution in [0.2, 0.25) is 0 Å². The quantitative estimate of drug-likeness (QED) is 0.642. The van der Waals surface area contributed by atoms with Gasteiger partial charge < -0.3 is 10.6 Å². The second-order valence-electron chi connectivity index (χ2n) is 4.96. The predicted octanol–water partition coefficient (Wildman–Crippen LogP) is 2.20. The van der Waals surface area contributed by atoms with E-state index in [1.54, 1.807) is 0 Å². The number of hydrogen-bond donors (Lipinski definition) is 2. The van der Waals surface area contributed by atoms with Gasteiger partial charge in [-0.25, -0.2) is 4.79 Å². The van der Waals surface area contributed by atoms with Gasteiger partial charge in [-0.2, -0.15) is 0 Å². The zero-order valence-corrected chi connectivity index (χ0v) is 12.0. The van der Waals surface area contributed by atoms with Crippen LogP contribution in [0.1, 0.15) is 47.5 Å². The lowest BCUT2D eigenvalue weighted by molar-refractivity contribution is 0.175. The van der Waals surface area contributed by atoms with Gasteiger partial charge in [-0.05, 0) is 34.1 Å². The third-order valence-corrected chi connectivity index (χ3v) is 2.80. The van der Waals surface area contributed by atoms with Crippen molar-refractivity contribution in [2.75, 3.05) is 19.6 Å². The normalized spacial score (nSPS) is 11.3. The van der Waals surface area contributed by atoms with Gasteiger partial charge >= 0.3 is 6.03 Å². The first-order valence-electron chi connectivity index (χ1n) is 6.76. The zero-order chi connectivity index (χ0) is 13.3. The summed E-state index contributed by atoms with van der Waals surface area (Å²) in [5.74, 6) is 0. The van der Waals surface area contributed by atoms with E-state index in [2.05, 4.69) is 50.2 Å². The molecule has 0 atom stereocenters. The largest absolute Gasteiger partial charge is 0.338 e. The molecule has 17 heavy (non-hydrogen) atoms. The van der Waals surface area contributed by atoms with E-state index in [1.165, 1.54) is 0 Å². The van der Waals surface area contributed by atoms with Crippen molar-refractivity contribution in [3.8, 4) is 0 Å². The minimum Gasteiger partial charge on any atom is -0.338 e. The molecule has 4 heteroatoms. The number of urea groups is 1. The van der Waals surface area contributed by atoms with E-state index < -0.39 is 0 Å². The van der Waals surface area contributed by atoms with Crippen molar-refractivity contribution in [1.82, 2.24) is 15.5 Å². The number of rotatable bonds is 8. The maximum atomic E-state index is 11.4. The molecule has 4 nitrogen and oxygen atoms in total. The summed E-state index contributed by atoms with van der Waals surface area (Å²) in [7, 11) is 0. The highest BCUT2D eigenvalue weighted by molar-refractivity contribution is 5.73. The summed E-state index contributed by atoms with van der Waals surface area (Å²) in [5, 5.41) is 5.74. The Labute approximate surface area is 106 Å². The first-order valence-corrected chi connectivity index (χ1v) is 6.76. The third kappa shape index (κ3) is 8.02. The van der Waals surface area contributed by atoms with Crippen LogP contribution in [0, 0.1) is 0 Å². The summed E-state index contributed by atoms with van der Waals surface area (Å²) < 4.78 is 0. The summed E-state index contributed by atoms with van der Waals surface area (Å²) in [6.45, 7) is 13.2. The molecule has 0 aliphatic carbocycles. The van der Waals surface area contributed by atoms with Gasteiger partial charge in [0.25, 0.3) is 0 Å². The Hall–Kier alpha value is -0.770. The minimum atomic E-state index is -0.0501. The maximum Gasteiger partial charge on any atom is 0.314 e. The van der Waals surface area contributed by atoms with Crippen LogP contribution in [-0.2, 0) is 0 Å². The van der Waals surface area contributed by atoms with Crippen molar-refractivity contribution in [3.05, 3.63) is 0 Å².